The third kappa shape index (κ3) is 9.18. The molecule has 1 aliphatic rings. The number of rotatable bonds is 13. The van der Waals surface area contributed by atoms with Gasteiger partial charge in [-0.05, 0) is 55.2 Å². The largest absolute Gasteiger partial charge is 0.573 e. The third-order valence-corrected chi connectivity index (χ3v) is 8.35. The van der Waals surface area contributed by atoms with Crippen LogP contribution < -0.4 is 4.74 Å². The second kappa shape index (κ2) is 15.0. The third-order valence-electron chi connectivity index (χ3n) is 7.25. The van der Waals surface area contributed by atoms with Crippen molar-refractivity contribution in [3.8, 4) is 16.9 Å². The molecule has 2 aromatic rings. The van der Waals surface area contributed by atoms with Gasteiger partial charge in [-0.2, -0.15) is 0 Å². The topological polar surface area (TPSA) is 35.5 Å². The highest BCUT2D eigenvalue weighted by Crippen LogP contribution is 2.42. The normalized spacial score (nSPS) is 16.3. The molecule has 0 radical (unpaired) electrons. The molecule has 41 heavy (non-hydrogen) atoms. The van der Waals surface area contributed by atoms with E-state index in [2.05, 4.69) is 18.6 Å². The number of carbonyl (C=O) groups excluding carboxylic acids is 1. The quantitative estimate of drug-likeness (QED) is 0.130. The number of hydrogen-bond donors (Lipinski definition) is 0. The Morgan fingerprint density at radius 1 is 1.02 bits per heavy atom. The van der Waals surface area contributed by atoms with E-state index in [1.807, 2.05) is 13.0 Å². The van der Waals surface area contributed by atoms with Gasteiger partial charge in [0, 0.05) is 22.4 Å². The summed E-state index contributed by atoms with van der Waals surface area (Å²) in [5, 5.41) is 0. The minimum atomic E-state index is -5.16. The second-order valence-corrected chi connectivity index (χ2v) is 11.5. The minimum absolute atomic E-state index is 0.0583. The Labute approximate surface area is 241 Å². The molecule has 0 fully saturated rings. The van der Waals surface area contributed by atoms with Gasteiger partial charge >= 0.3 is 12.3 Å². The van der Waals surface area contributed by atoms with E-state index in [0.29, 0.717) is 29.7 Å². The standard InChI is InChI=1S/C31H36F6O3S/c1-4-6-7-20(5-2)18-39-26(38)16-17-41-30-24(14-15-25(29(30)34)40-31(35,36)37)23-13-12-22(27(32)28(23)33)21-10-8-19(3)9-11-21/h10,12-15,19-20H,4-9,11,16-18H2,1-3H3. The Hall–Kier alpha value is -2.62. The van der Waals surface area contributed by atoms with E-state index in [4.69, 9.17) is 4.74 Å². The molecule has 0 amide bonds. The smallest absolute Gasteiger partial charge is 0.465 e. The molecule has 0 bridgehead atoms. The Balaban J connectivity index is 1.85. The van der Waals surface area contributed by atoms with Crippen LogP contribution in [0.2, 0.25) is 0 Å². The summed E-state index contributed by atoms with van der Waals surface area (Å²) in [4.78, 5) is 11.9. The first-order valence-electron chi connectivity index (χ1n) is 14.0. The van der Waals surface area contributed by atoms with Crippen molar-refractivity contribution in [1.29, 1.82) is 0 Å². The van der Waals surface area contributed by atoms with Gasteiger partial charge in [0.1, 0.15) is 0 Å². The van der Waals surface area contributed by atoms with E-state index >= 15 is 13.2 Å². The van der Waals surface area contributed by atoms with Crippen LogP contribution in [0.1, 0.15) is 77.7 Å². The van der Waals surface area contributed by atoms with E-state index in [1.54, 1.807) is 0 Å². The van der Waals surface area contributed by atoms with Crippen LogP contribution in [0.15, 0.2) is 35.2 Å². The lowest BCUT2D eigenvalue weighted by Crippen LogP contribution is -2.18. The lowest BCUT2D eigenvalue weighted by atomic mass is 9.87. The number of ether oxygens (including phenoxy) is 2. The van der Waals surface area contributed by atoms with Crippen molar-refractivity contribution in [2.45, 2.75) is 83.4 Å². The molecule has 2 aromatic carbocycles. The number of benzene rings is 2. The summed E-state index contributed by atoms with van der Waals surface area (Å²) in [6.07, 6.45) is 2.53. The molecule has 0 aromatic heterocycles. The summed E-state index contributed by atoms with van der Waals surface area (Å²) < 4.78 is 93.8. The molecule has 0 heterocycles. The number of thioether (sulfide) groups is 1. The molecular formula is C31H36F6O3S. The lowest BCUT2D eigenvalue weighted by molar-refractivity contribution is -0.275. The predicted molar refractivity (Wildman–Crippen MR) is 149 cm³/mol. The van der Waals surface area contributed by atoms with Crippen LogP contribution >= 0.6 is 11.8 Å². The summed E-state index contributed by atoms with van der Waals surface area (Å²) in [6.45, 7) is 6.40. The molecule has 0 N–H and O–H groups in total. The van der Waals surface area contributed by atoms with Crippen molar-refractivity contribution in [3.63, 3.8) is 0 Å². The van der Waals surface area contributed by atoms with Crippen LogP contribution in [-0.2, 0) is 9.53 Å². The average Bonchev–Trinajstić information content (AvgIpc) is 2.92. The van der Waals surface area contributed by atoms with Crippen molar-refractivity contribution >= 4 is 23.3 Å². The average molecular weight is 603 g/mol. The number of carbonyl (C=O) groups is 1. The Morgan fingerprint density at radius 2 is 1.71 bits per heavy atom. The molecule has 2 atom stereocenters. The van der Waals surface area contributed by atoms with Crippen LogP contribution in [0.4, 0.5) is 26.3 Å². The van der Waals surface area contributed by atoms with Crippen molar-refractivity contribution in [2.24, 2.45) is 11.8 Å². The number of unbranched alkanes of at least 4 members (excludes halogenated alkanes) is 1. The minimum Gasteiger partial charge on any atom is -0.465 e. The summed E-state index contributed by atoms with van der Waals surface area (Å²) >= 11 is 0.714. The Morgan fingerprint density at radius 3 is 2.34 bits per heavy atom. The van der Waals surface area contributed by atoms with Gasteiger partial charge in [-0.25, -0.2) is 13.2 Å². The first-order chi connectivity index (χ1) is 19.4. The van der Waals surface area contributed by atoms with Gasteiger partial charge in [-0.15, -0.1) is 24.9 Å². The highest BCUT2D eigenvalue weighted by molar-refractivity contribution is 7.99. The van der Waals surface area contributed by atoms with Crippen molar-refractivity contribution in [3.05, 3.63) is 53.4 Å². The molecule has 3 nitrogen and oxygen atoms in total. The van der Waals surface area contributed by atoms with Gasteiger partial charge in [0.15, 0.2) is 23.2 Å². The molecule has 3 rings (SSSR count). The zero-order valence-corrected chi connectivity index (χ0v) is 24.3. The molecule has 0 aliphatic heterocycles. The van der Waals surface area contributed by atoms with Gasteiger partial charge in [0.2, 0.25) is 0 Å². The van der Waals surface area contributed by atoms with Crippen LogP contribution in [0, 0.1) is 29.3 Å². The molecule has 0 saturated carbocycles. The summed E-state index contributed by atoms with van der Waals surface area (Å²) in [7, 11) is 0. The first-order valence-corrected chi connectivity index (χ1v) is 15.0. The summed E-state index contributed by atoms with van der Waals surface area (Å²) in [6, 6.07) is 4.49. The first kappa shape index (κ1) is 32.9. The number of halogens is 6. The zero-order chi connectivity index (χ0) is 30.2. The van der Waals surface area contributed by atoms with E-state index in [-0.39, 0.29) is 46.3 Å². The maximum absolute atomic E-state index is 15.4. The molecule has 0 saturated heterocycles. The van der Waals surface area contributed by atoms with Crippen molar-refractivity contribution < 1.29 is 40.6 Å². The molecule has 226 valence electrons. The molecular weight excluding hydrogens is 566 g/mol. The van der Waals surface area contributed by atoms with Gasteiger partial charge in [-0.1, -0.05) is 58.2 Å². The monoisotopic (exact) mass is 602 g/mol. The molecule has 10 heteroatoms. The van der Waals surface area contributed by atoms with Gasteiger partial charge in [-0.3, -0.25) is 4.79 Å². The van der Waals surface area contributed by atoms with Gasteiger partial charge in [0.25, 0.3) is 0 Å². The van der Waals surface area contributed by atoms with E-state index in [1.165, 1.54) is 12.1 Å². The van der Waals surface area contributed by atoms with Gasteiger partial charge in [0.05, 0.1) is 17.9 Å². The van der Waals surface area contributed by atoms with Crippen molar-refractivity contribution in [2.75, 3.05) is 12.4 Å². The number of alkyl halides is 3. The van der Waals surface area contributed by atoms with Crippen LogP contribution in [0.3, 0.4) is 0 Å². The number of allylic oxidation sites excluding steroid dienone is 2. The Bertz CT molecular complexity index is 1230. The molecule has 0 spiro atoms. The van der Waals surface area contributed by atoms with Crippen LogP contribution in [0.25, 0.3) is 16.7 Å². The van der Waals surface area contributed by atoms with Crippen LogP contribution in [-0.4, -0.2) is 24.7 Å². The number of esters is 1. The van der Waals surface area contributed by atoms with Crippen molar-refractivity contribution in [1.82, 2.24) is 0 Å². The lowest BCUT2D eigenvalue weighted by Gasteiger charge is -2.20. The highest BCUT2D eigenvalue weighted by Gasteiger charge is 2.34. The fourth-order valence-electron chi connectivity index (χ4n) is 4.73. The SMILES string of the molecule is CCCCC(CC)COC(=O)CCSc1c(-c2ccc(C3=CCC(C)CC3)c(F)c2F)ccc(OC(F)(F)F)c1F. The predicted octanol–water partition coefficient (Wildman–Crippen LogP) is 10.1. The maximum atomic E-state index is 15.4. The highest BCUT2D eigenvalue weighted by atomic mass is 32.2. The summed E-state index contributed by atoms with van der Waals surface area (Å²) in [5.41, 5.74) is 0.340. The Kier molecular flexibility index (Phi) is 12.1. The van der Waals surface area contributed by atoms with E-state index < -0.39 is 35.5 Å². The van der Waals surface area contributed by atoms with E-state index in [0.717, 1.165) is 50.7 Å². The zero-order valence-electron chi connectivity index (χ0n) is 23.5. The van der Waals surface area contributed by atoms with Crippen LogP contribution in [0.5, 0.6) is 5.75 Å². The molecule has 1 aliphatic carbocycles. The second-order valence-electron chi connectivity index (χ2n) is 10.4. The number of hydrogen-bond acceptors (Lipinski definition) is 4. The fourth-order valence-corrected chi connectivity index (χ4v) is 5.76. The fraction of sp³-hybridized carbons (Fsp3) is 0.516. The molecule has 2 unspecified atom stereocenters. The summed E-state index contributed by atoms with van der Waals surface area (Å²) in [5.74, 6) is -4.75. The maximum Gasteiger partial charge on any atom is 0.573 e. The van der Waals surface area contributed by atoms with Gasteiger partial charge < -0.3 is 9.47 Å². The van der Waals surface area contributed by atoms with E-state index in [9.17, 15) is 18.0 Å².